The molecule has 1 aliphatic carbocycles. The smallest absolute Gasteiger partial charge is 0.315 e. The van der Waals surface area contributed by atoms with Crippen molar-refractivity contribution in [3.8, 4) is 0 Å². The van der Waals surface area contributed by atoms with Crippen LogP contribution in [0.1, 0.15) is 69.1 Å². The molecule has 8 heteroatoms. The first-order chi connectivity index (χ1) is 14.4. The lowest BCUT2D eigenvalue weighted by Gasteiger charge is -2.10. The van der Waals surface area contributed by atoms with Gasteiger partial charge in [0.15, 0.2) is 0 Å². The average Bonchev–Trinajstić information content (AvgIpc) is 3.00. The molecule has 7 nitrogen and oxygen atoms in total. The van der Waals surface area contributed by atoms with Gasteiger partial charge in [0.1, 0.15) is 0 Å². The van der Waals surface area contributed by atoms with Gasteiger partial charge in [-0.3, -0.25) is 20.4 Å². The lowest BCUT2D eigenvalue weighted by atomic mass is 10.1. The summed E-state index contributed by atoms with van der Waals surface area (Å²) in [6.45, 7) is 4.14. The number of benzene rings is 1. The van der Waals surface area contributed by atoms with Gasteiger partial charge in [0, 0.05) is 23.0 Å². The molecule has 4 N–H and O–H groups in total. The summed E-state index contributed by atoms with van der Waals surface area (Å²) < 4.78 is 0. The molecule has 0 bridgehead atoms. The molecule has 0 spiro atoms. The molecule has 3 rings (SSSR count). The zero-order valence-electron chi connectivity index (χ0n) is 17.3. The Morgan fingerprint density at radius 1 is 0.967 bits per heavy atom. The lowest BCUT2D eigenvalue weighted by Crippen LogP contribution is -2.41. The molecule has 1 aromatic heterocycles. The average molecular weight is 429 g/mol. The fourth-order valence-corrected chi connectivity index (χ4v) is 4.45. The Labute approximate surface area is 180 Å². The van der Waals surface area contributed by atoms with Gasteiger partial charge in [-0.05, 0) is 68.9 Å². The molecule has 30 heavy (non-hydrogen) atoms. The van der Waals surface area contributed by atoms with Gasteiger partial charge in [0.2, 0.25) is 0 Å². The molecule has 0 saturated heterocycles. The summed E-state index contributed by atoms with van der Waals surface area (Å²) in [5.41, 5.74) is 7.53. The summed E-state index contributed by atoms with van der Waals surface area (Å²) in [5, 5.41) is 5.50. The van der Waals surface area contributed by atoms with E-state index in [0.29, 0.717) is 17.0 Å². The number of carbonyl (C=O) groups excluding carboxylic acids is 3. The van der Waals surface area contributed by atoms with Crippen LogP contribution in [0.4, 0.5) is 4.79 Å². The van der Waals surface area contributed by atoms with Crippen LogP contribution in [0.5, 0.6) is 0 Å². The summed E-state index contributed by atoms with van der Waals surface area (Å²) >= 11 is 1.51. The Morgan fingerprint density at radius 2 is 1.67 bits per heavy atom. The molecule has 0 aliphatic heterocycles. The number of aryl methyl sites for hydroxylation is 2. The number of rotatable bonds is 5. The highest BCUT2D eigenvalue weighted by Crippen LogP contribution is 2.28. The van der Waals surface area contributed by atoms with Crippen molar-refractivity contribution in [1.82, 2.24) is 21.5 Å². The number of carbonyl (C=O) groups is 3. The topological polar surface area (TPSA) is 99.3 Å². The summed E-state index contributed by atoms with van der Waals surface area (Å²) in [4.78, 5) is 38.3. The molecule has 0 saturated carbocycles. The van der Waals surface area contributed by atoms with Crippen LogP contribution in [0.15, 0.2) is 30.3 Å². The summed E-state index contributed by atoms with van der Waals surface area (Å²) in [6, 6.07) is 8.63. The van der Waals surface area contributed by atoms with Gasteiger partial charge < -0.3 is 10.6 Å². The quantitative estimate of drug-likeness (QED) is 0.434. The largest absolute Gasteiger partial charge is 0.336 e. The van der Waals surface area contributed by atoms with Crippen LogP contribution in [0.2, 0.25) is 0 Å². The maximum absolute atomic E-state index is 12.4. The second-order valence-electron chi connectivity index (χ2n) is 7.71. The minimum Gasteiger partial charge on any atom is -0.336 e. The molecular formula is C22H28N4O3S. The highest BCUT2D eigenvalue weighted by atomic mass is 32.1. The van der Waals surface area contributed by atoms with Crippen LogP contribution in [0.25, 0.3) is 0 Å². The SMILES string of the molecule is CC(C)NC(=O)NCc1ccc(C(=O)NNC(=O)c2cc3c(s2)CCCCC3)cc1. The maximum atomic E-state index is 12.4. The number of hydrogen-bond acceptors (Lipinski definition) is 4. The van der Waals surface area contributed by atoms with Gasteiger partial charge in [-0.25, -0.2) is 4.79 Å². The Kier molecular flexibility index (Phi) is 7.46. The van der Waals surface area contributed by atoms with Crippen LogP contribution in [0.3, 0.4) is 0 Å². The molecular weight excluding hydrogens is 400 g/mol. The van der Waals surface area contributed by atoms with E-state index in [1.807, 2.05) is 19.9 Å². The molecule has 2 aromatic rings. The van der Waals surface area contributed by atoms with Crippen molar-refractivity contribution in [2.45, 2.75) is 58.5 Å². The second-order valence-corrected chi connectivity index (χ2v) is 8.84. The fraction of sp³-hybridized carbons (Fsp3) is 0.409. The number of hydrogen-bond donors (Lipinski definition) is 4. The number of hydrazine groups is 1. The van der Waals surface area contributed by atoms with Gasteiger partial charge in [0.05, 0.1) is 4.88 Å². The summed E-state index contributed by atoms with van der Waals surface area (Å²) in [5.74, 6) is -0.683. The third-order valence-electron chi connectivity index (χ3n) is 4.85. The Hall–Kier alpha value is -2.87. The third kappa shape index (κ3) is 6.06. The predicted molar refractivity (Wildman–Crippen MR) is 117 cm³/mol. The normalized spacial score (nSPS) is 13.2. The summed E-state index contributed by atoms with van der Waals surface area (Å²) in [7, 11) is 0. The van der Waals surface area contributed by atoms with Crippen molar-refractivity contribution in [3.05, 3.63) is 56.8 Å². The van der Waals surface area contributed by atoms with Crippen LogP contribution in [0, 0.1) is 0 Å². The summed E-state index contributed by atoms with van der Waals surface area (Å²) in [6.07, 6.45) is 5.61. The molecule has 1 heterocycles. The van der Waals surface area contributed by atoms with Crippen molar-refractivity contribution in [2.75, 3.05) is 0 Å². The van der Waals surface area contributed by atoms with Gasteiger partial charge in [-0.2, -0.15) is 0 Å². The van der Waals surface area contributed by atoms with E-state index in [2.05, 4.69) is 21.5 Å². The van der Waals surface area contributed by atoms with E-state index in [0.717, 1.165) is 24.8 Å². The van der Waals surface area contributed by atoms with E-state index in [-0.39, 0.29) is 18.0 Å². The highest BCUT2D eigenvalue weighted by molar-refractivity contribution is 7.14. The molecule has 1 aliphatic rings. The molecule has 0 fully saturated rings. The molecule has 160 valence electrons. The van der Waals surface area contributed by atoms with Crippen LogP contribution in [-0.4, -0.2) is 23.9 Å². The standard InChI is InChI=1S/C22H28N4O3S/c1-14(2)24-22(29)23-13-15-8-10-16(11-9-15)20(27)25-26-21(28)19-12-17-6-4-3-5-7-18(17)30-19/h8-12,14H,3-7,13H2,1-2H3,(H,25,27)(H,26,28)(H2,23,24,29). The van der Waals surface area contributed by atoms with E-state index in [9.17, 15) is 14.4 Å². The first kappa shape index (κ1) is 21.8. The first-order valence-electron chi connectivity index (χ1n) is 10.3. The second kappa shape index (κ2) is 10.2. The fourth-order valence-electron chi connectivity index (χ4n) is 3.30. The van der Waals surface area contributed by atoms with Crippen LogP contribution < -0.4 is 21.5 Å². The van der Waals surface area contributed by atoms with E-state index < -0.39 is 5.91 Å². The van der Waals surface area contributed by atoms with Crippen molar-refractivity contribution in [2.24, 2.45) is 0 Å². The predicted octanol–water partition coefficient (Wildman–Crippen LogP) is 3.30. The Balaban J connectivity index is 1.48. The third-order valence-corrected chi connectivity index (χ3v) is 6.08. The highest BCUT2D eigenvalue weighted by Gasteiger charge is 2.17. The number of urea groups is 1. The van der Waals surface area contributed by atoms with Crippen molar-refractivity contribution in [1.29, 1.82) is 0 Å². The van der Waals surface area contributed by atoms with E-state index in [1.54, 1.807) is 24.3 Å². The molecule has 0 atom stereocenters. The molecule has 4 amide bonds. The Bertz CT molecular complexity index is 882. The van der Waals surface area contributed by atoms with E-state index in [4.69, 9.17) is 0 Å². The van der Waals surface area contributed by atoms with Crippen LogP contribution in [-0.2, 0) is 19.4 Å². The maximum Gasteiger partial charge on any atom is 0.315 e. The van der Waals surface area contributed by atoms with Gasteiger partial charge >= 0.3 is 6.03 Å². The monoisotopic (exact) mass is 428 g/mol. The number of thiophene rings is 1. The molecule has 1 aromatic carbocycles. The number of fused-ring (bicyclic) bond motifs is 1. The number of amides is 4. The lowest BCUT2D eigenvalue weighted by molar-refractivity contribution is 0.0849. The first-order valence-corrected chi connectivity index (χ1v) is 11.1. The van der Waals surface area contributed by atoms with Crippen molar-refractivity contribution in [3.63, 3.8) is 0 Å². The molecule has 0 radical (unpaired) electrons. The number of nitrogens with one attached hydrogen (secondary N) is 4. The minimum atomic E-state index is -0.390. The van der Waals surface area contributed by atoms with E-state index in [1.165, 1.54) is 34.6 Å². The van der Waals surface area contributed by atoms with Gasteiger partial charge in [-0.15, -0.1) is 11.3 Å². The zero-order valence-corrected chi connectivity index (χ0v) is 18.2. The van der Waals surface area contributed by atoms with Crippen molar-refractivity contribution >= 4 is 29.2 Å². The minimum absolute atomic E-state index is 0.0652. The van der Waals surface area contributed by atoms with Crippen molar-refractivity contribution < 1.29 is 14.4 Å². The Morgan fingerprint density at radius 3 is 2.40 bits per heavy atom. The van der Waals surface area contributed by atoms with Crippen LogP contribution >= 0.6 is 11.3 Å². The van der Waals surface area contributed by atoms with E-state index >= 15 is 0 Å². The molecule has 0 unspecified atom stereocenters. The zero-order chi connectivity index (χ0) is 21.5. The van der Waals surface area contributed by atoms with Gasteiger partial charge in [0.25, 0.3) is 11.8 Å². The van der Waals surface area contributed by atoms with Gasteiger partial charge in [-0.1, -0.05) is 18.6 Å².